The standard InChI is InChI=1S/C10H20FO/c1-3-4-5-6-7-12-9-10(2)8-11/h10H,1,3-9H2,2H3. The van der Waals surface area contributed by atoms with Gasteiger partial charge in [0.05, 0.1) is 13.3 Å². The zero-order valence-corrected chi connectivity index (χ0v) is 8.02. The van der Waals surface area contributed by atoms with Crippen LogP contribution in [0.4, 0.5) is 4.39 Å². The van der Waals surface area contributed by atoms with Crippen molar-refractivity contribution in [3.8, 4) is 0 Å². The van der Waals surface area contributed by atoms with Crippen molar-refractivity contribution in [2.75, 3.05) is 19.9 Å². The minimum Gasteiger partial charge on any atom is -0.381 e. The highest BCUT2D eigenvalue weighted by Crippen LogP contribution is 2.01. The Hall–Kier alpha value is -0.110. The Morgan fingerprint density at radius 3 is 2.67 bits per heavy atom. The molecule has 2 heteroatoms. The number of hydrogen-bond acceptors (Lipinski definition) is 1. The van der Waals surface area contributed by atoms with E-state index in [2.05, 4.69) is 6.92 Å². The van der Waals surface area contributed by atoms with Crippen molar-refractivity contribution in [1.29, 1.82) is 0 Å². The van der Waals surface area contributed by atoms with Crippen LogP contribution in [0.2, 0.25) is 0 Å². The minimum atomic E-state index is -0.279. The van der Waals surface area contributed by atoms with Gasteiger partial charge in [0.2, 0.25) is 0 Å². The van der Waals surface area contributed by atoms with Gasteiger partial charge in [-0.05, 0) is 6.42 Å². The molecule has 0 aromatic heterocycles. The van der Waals surface area contributed by atoms with Gasteiger partial charge < -0.3 is 4.74 Å². The molecule has 0 aromatic rings. The van der Waals surface area contributed by atoms with Crippen LogP contribution in [0.3, 0.4) is 0 Å². The highest BCUT2D eigenvalue weighted by atomic mass is 19.1. The first-order chi connectivity index (χ1) is 5.81. The first kappa shape index (κ1) is 11.9. The molecule has 0 saturated carbocycles. The van der Waals surface area contributed by atoms with Crippen molar-refractivity contribution in [2.45, 2.75) is 32.6 Å². The lowest BCUT2D eigenvalue weighted by Crippen LogP contribution is -2.08. The van der Waals surface area contributed by atoms with E-state index < -0.39 is 0 Å². The summed E-state index contributed by atoms with van der Waals surface area (Å²) in [6.45, 7) is 6.66. The summed E-state index contributed by atoms with van der Waals surface area (Å²) in [5.74, 6) is 0.0536. The third-order valence-electron chi connectivity index (χ3n) is 1.70. The van der Waals surface area contributed by atoms with Crippen LogP contribution < -0.4 is 0 Å². The summed E-state index contributed by atoms with van der Waals surface area (Å²) in [6, 6.07) is 0. The first-order valence-corrected chi connectivity index (χ1v) is 4.74. The van der Waals surface area contributed by atoms with E-state index >= 15 is 0 Å². The molecule has 0 aliphatic heterocycles. The topological polar surface area (TPSA) is 9.23 Å². The van der Waals surface area contributed by atoms with Crippen LogP contribution in [-0.2, 0) is 4.74 Å². The van der Waals surface area contributed by atoms with Crippen molar-refractivity contribution in [1.82, 2.24) is 0 Å². The zero-order chi connectivity index (χ0) is 9.23. The Kier molecular flexibility index (Phi) is 8.90. The molecule has 1 atom stereocenters. The summed E-state index contributed by atoms with van der Waals surface area (Å²) in [4.78, 5) is 0. The van der Waals surface area contributed by atoms with Gasteiger partial charge in [0.25, 0.3) is 0 Å². The Labute approximate surface area is 75.3 Å². The van der Waals surface area contributed by atoms with Crippen LogP contribution in [0.15, 0.2) is 0 Å². The minimum absolute atomic E-state index is 0.0536. The van der Waals surface area contributed by atoms with E-state index in [0.29, 0.717) is 6.61 Å². The lowest BCUT2D eigenvalue weighted by molar-refractivity contribution is 0.0926. The predicted molar refractivity (Wildman–Crippen MR) is 49.8 cm³/mol. The monoisotopic (exact) mass is 175 g/mol. The Morgan fingerprint density at radius 2 is 2.08 bits per heavy atom. The van der Waals surface area contributed by atoms with Crippen molar-refractivity contribution in [3.63, 3.8) is 0 Å². The van der Waals surface area contributed by atoms with Gasteiger partial charge in [-0.2, -0.15) is 0 Å². The van der Waals surface area contributed by atoms with Crippen LogP contribution >= 0.6 is 0 Å². The number of ether oxygens (including phenoxy) is 1. The fourth-order valence-electron chi connectivity index (χ4n) is 0.887. The second kappa shape index (κ2) is 8.98. The average Bonchev–Trinajstić information content (AvgIpc) is 2.10. The van der Waals surface area contributed by atoms with Crippen molar-refractivity contribution >= 4 is 0 Å². The second-order valence-corrected chi connectivity index (χ2v) is 3.25. The summed E-state index contributed by atoms with van der Waals surface area (Å²) >= 11 is 0. The normalized spacial score (nSPS) is 13.2. The molecule has 0 aliphatic carbocycles. The van der Waals surface area contributed by atoms with Crippen LogP contribution in [0, 0.1) is 12.8 Å². The molecule has 0 aliphatic rings. The SMILES string of the molecule is [CH2]CCCCCOCC(C)CF. The van der Waals surface area contributed by atoms with Crippen molar-refractivity contribution < 1.29 is 9.13 Å². The largest absolute Gasteiger partial charge is 0.381 e. The first-order valence-electron chi connectivity index (χ1n) is 4.74. The van der Waals surface area contributed by atoms with E-state index in [1.807, 2.05) is 6.92 Å². The second-order valence-electron chi connectivity index (χ2n) is 3.25. The molecule has 0 spiro atoms. The van der Waals surface area contributed by atoms with Crippen LogP contribution in [0.1, 0.15) is 32.6 Å². The molecule has 0 bridgehead atoms. The van der Waals surface area contributed by atoms with E-state index in [0.717, 1.165) is 19.4 Å². The maximum atomic E-state index is 11.9. The third kappa shape index (κ3) is 7.99. The lowest BCUT2D eigenvalue weighted by atomic mass is 10.2. The van der Waals surface area contributed by atoms with Crippen LogP contribution in [0.5, 0.6) is 0 Å². The van der Waals surface area contributed by atoms with Gasteiger partial charge in [-0.3, -0.25) is 4.39 Å². The number of hydrogen-bond donors (Lipinski definition) is 0. The van der Waals surface area contributed by atoms with E-state index in [9.17, 15) is 4.39 Å². The summed E-state index contributed by atoms with van der Waals surface area (Å²) < 4.78 is 17.2. The van der Waals surface area contributed by atoms with Gasteiger partial charge in [-0.15, -0.1) is 0 Å². The van der Waals surface area contributed by atoms with Crippen molar-refractivity contribution in [2.24, 2.45) is 5.92 Å². The Morgan fingerprint density at radius 1 is 1.33 bits per heavy atom. The van der Waals surface area contributed by atoms with Gasteiger partial charge in [0.1, 0.15) is 0 Å². The van der Waals surface area contributed by atoms with Crippen LogP contribution in [-0.4, -0.2) is 19.9 Å². The Bertz CT molecular complexity index is 85.9. The summed E-state index contributed by atoms with van der Waals surface area (Å²) in [6.07, 6.45) is 4.42. The van der Waals surface area contributed by atoms with E-state index in [-0.39, 0.29) is 12.6 Å². The molecule has 0 amide bonds. The molecule has 0 heterocycles. The fraction of sp³-hybridized carbons (Fsp3) is 0.900. The van der Waals surface area contributed by atoms with Gasteiger partial charge in [-0.1, -0.05) is 33.1 Å². The molecule has 1 nitrogen and oxygen atoms in total. The molecule has 0 fully saturated rings. The van der Waals surface area contributed by atoms with Crippen molar-refractivity contribution in [3.05, 3.63) is 6.92 Å². The maximum Gasteiger partial charge on any atom is 0.0941 e. The average molecular weight is 175 g/mol. The Balaban J connectivity index is 2.90. The molecule has 1 radical (unpaired) electrons. The van der Waals surface area contributed by atoms with Gasteiger partial charge >= 0.3 is 0 Å². The van der Waals surface area contributed by atoms with Gasteiger partial charge in [0, 0.05) is 12.5 Å². The molecular weight excluding hydrogens is 155 g/mol. The zero-order valence-electron chi connectivity index (χ0n) is 8.02. The summed E-state index contributed by atoms with van der Waals surface area (Å²) in [7, 11) is 0. The van der Waals surface area contributed by atoms with Gasteiger partial charge in [-0.25, -0.2) is 0 Å². The van der Waals surface area contributed by atoms with E-state index in [4.69, 9.17) is 4.74 Å². The molecule has 0 rings (SSSR count). The predicted octanol–water partition coefficient (Wildman–Crippen LogP) is 3.00. The molecule has 0 N–H and O–H groups in total. The quantitative estimate of drug-likeness (QED) is 0.515. The lowest BCUT2D eigenvalue weighted by Gasteiger charge is -2.07. The fourth-order valence-corrected chi connectivity index (χ4v) is 0.887. The summed E-state index contributed by atoms with van der Waals surface area (Å²) in [5.41, 5.74) is 0. The molecule has 0 aromatic carbocycles. The summed E-state index contributed by atoms with van der Waals surface area (Å²) in [5, 5.41) is 0. The maximum absolute atomic E-state index is 11.9. The van der Waals surface area contributed by atoms with Crippen LogP contribution in [0.25, 0.3) is 0 Å². The highest BCUT2D eigenvalue weighted by Gasteiger charge is 1.99. The highest BCUT2D eigenvalue weighted by molar-refractivity contribution is 4.48. The molecular formula is C10H20FO. The molecule has 1 unspecified atom stereocenters. The molecule has 73 valence electrons. The number of halogens is 1. The number of unbranched alkanes of at least 4 members (excludes halogenated alkanes) is 3. The molecule has 0 saturated heterocycles. The number of rotatable bonds is 8. The van der Waals surface area contributed by atoms with Gasteiger partial charge in [0.15, 0.2) is 0 Å². The number of alkyl halides is 1. The van der Waals surface area contributed by atoms with E-state index in [1.54, 1.807) is 0 Å². The molecule has 12 heavy (non-hydrogen) atoms. The third-order valence-corrected chi connectivity index (χ3v) is 1.70. The van der Waals surface area contributed by atoms with E-state index in [1.165, 1.54) is 12.8 Å². The smallest absolute Gasteiger partial charge is 0.0941 e.